The molecule has 1 N–H and O–H groups in total. The summed E-state index contributed by atoms with van der Waals surface area (Å²) < 4.78 is 24.9. The van der Waals surface area contributed by atoms with Crippen LogP contribution in [0.4, 0.5) is 5.82 Å². The third-order valence-electron chi connectivity index (χ3n) is 5.40. The Labute approximate surface area is 194 Å². The number of imidazole rings is 1. The molecule has 1 unspecified atom stereocenters. The van der Waals surface area contributed by atoms with Gasteiger partial charge in [0, 0.05) is 19.5 Å². The Bertz CT molecular complexity index is 1350. The summed E-state index contributed by atoms with van der Waals surface area (Å²) in [6.07, 6.45) is 0.562. The number of fused-ring (bicyclic) bond motifs is 2. The van der Waals surface area contributed by atoms with Gasteiger partial charge in [-0.3, -0.25) is 9.13 Å². The van der Waals surface area contributed by atoms with E-state index in [9.17, 15) is 9.46 Å². The van der Waals surface area contributed by atoms with E-state index in [-0.39, 0.29) is 12.8 Å². The molecule has 1 aliphatic heterocycles. The standard InChI is InChI=1S/C21H25N6O4PS/c1-3-16-22-14-7-5-6-8-15(14)27(16)21-24-19(26-9-11-30-12-10-26)18-20(25-21)33-17(23-18)13-32(28,29)31-4-2/h5-8H,3-4,9-13H2,1-2H3,(H,28,29). The Balaban J connectivity index is 1.68. The molecule has 4 heterocycles. The maximum Gasteiger partial charge on any atom is 0.334 e. The van der Waals surface area contributed by atoms with E-state index in [1.807, 2.05) is 28.8 Å². The van der Waals surface area contributed by atoms with Crippen molar-refractivity contribution < 1.29 is 18.7 Å². The minimum absolute atomic E-state index is 0.159. The van der Waals surface area contributed by atoms with Gasteiger partial charge in [0.15, 0.2) is 10.6 Å². The predicted molar refractivity (Wildman–Crippen MR) is 127 cm³/mol. The van der Waals surface area contributed by atoms with Gasteiger partial charge in [0.05, 0.1) is 30.9 Å². The van der Waals surface area contributed by atoms with Crippen molar-refractivity contribution in [3.05, 3.63) is 35.1 Å². The second-order valence-corrected chi connectivity index (χ2v) is 10.5. The van der Waals surface area contributed by atoms with Crippen molar-refractivity contribution in [1.82, 2.24) is 24.5 Å². The van der Waals surface area contributed by atoms with Gasteiger partial charge in [0.1, 0.15) is 22.5 Å². The normalized spacial score (nSPS) is 16.5. The number of rotatable bonds is 7. The Hall–Kier alpha value is -2.43. The van der Waals surface area contributed by atoms with Crippen LogP contribution in [0.1, 0.15) is 24.7 Å². The number of aryl methyl sites for hydroxylation is 1. The van der Waals surface area contributed by atoms with Crippen LogP contribution in [0.5, 0.6) is 0 Å². The lowest BCUT2D eigenvalue weighted by molar-refractivity contribution is 0.122. The lowest BCUT2D eigenvalue weighted by Gasteiger charge is -2.28. The molecule has 0 spiro atoms. The summed E-state index contributed by atoms with van der Waals surface area (Å²) in [5, 5.41) is 0.497. The van der Waals surface area contributed by atoms with Gasteiger partial charge >= 0.3 is 7.60 Å². The maximum atomic E-state index is 12.4. The summed E-state index contributed by atoms with van der Waals surface area (Å²) in [6, 6.07) is 7.91. The molecule has 1 aromatic carbocycles. The first-order valence-corrected chi connectivity index (χ1v) is 13.5. The SMILES string of the molecule is CCOP(=O)(O)Cc1nc2c(N3CCOCC3)nc(-n3c(CC)nc4ccccc43)nc2s1. The number of hydrogen-bond donors (Lipinski definition) is 1. The second-order valence-electron chi connectivity index (χ2n) is 7.63. The maximum absolute atomic E-state index is 12.4. The van der Waals surface area contributed by atoms with E-state index >= 15 is 0 Å². The van der Waals surface area contributed by atoms with Crippen LogP contribution in [0.2, 0.25) is 0 Å². The van der Waals surface area contributed by atoms with Crippen LogP contribution in [-0.2, 0) is 26.4 Å². The Morgan fingerprint density at radius 1 is 1.15 bits per heavy atom. The van der Waals surface area contributed by atoms with Crippen molar-refractivity contribution in [2.75, 3.05) is 37.8 Å². The predicted octanol–water partition coefficient (Wildman–Crippen LogP) is 3.55. The third-order valence-corrected chi connectivity index (χ3v) is 7.92. The van der Waals surface area contributed by atoms with Gasteiger partial charge in [-0.1, -0.05) is 30.4 Å². The molecule has 4 aromatic rings. The Morgan fingerprint density at radius 2 is 1.94 bits per heavy atom. The molecule has 1 atom stereocenters. The molecule has 1 fully saturated rings. The topological polar surface area (TPSA) is 115 Å². The fourth-order valence-electron chi connectivity index (χ4n) is 3.96. The molecule has 12 heteroatoms. The first kappa shape index (κ1) is 22.4. The minimum atomic E-state index is -3.77. The number of hydrogen-bond acceptors (Lipinski definition) is 9. The van der Waals surface area contributed by atoms with Crippen LogP contribution in [0.3, 0.4) is 0 Å². The van der Waals surface area contributed by atoms with E-state index in [1.54, 1.807) is 6.92 Å². The van der Waals surface area contributed by atoms with E-state index < -0.39 is 7.60 Å². The van der Waals surface area contributed by atoms with Crippen LogP contribution in [0, 0.1) is 0 Å². The quantitative estimate of drug-likeness (QED) is 0.390. The fourth-order valence-corrected chi connectivity index (χ4v) is 6.33. The Morgan fingerprint density at radius 3 is 2.70 bits per heavy atom. The highest BCUT2D eigenvalue weighted by molar-refractivity contribution is 7.52. The number of benzene rings is 1. The first-order valence-electron chi connectivity index (χ1n) is 10.9. The summed E-state index contributed by atoms with van der Waals surface area (Å²) in [5.74, 6) is 2.08. The zero-order valence-electron chi connectivity index (χ0n) is 18.5. The molecular formula is C21H25N6O4PS. The van der Waals surface area contributed by atoms with Crippen molar-refractivity contribution in [1.29, 1.82) is 0 Å². The molecule has 10 nitrogen and oxygen atoms in total. The molecule has 33 heavy (non-hydrogen) atoms. The van der Waals surface area contributed by atoms with Gasteiger partial charge in [0.2, 0.25) is 5.95 Å². The summed E-state index contributed by atoms with van der Waals surface area (Å²) in [7, 11) is -3.77. The lowest BCUT2D eigenvalue weighted by Crippen LogP contribution is -2.37. The number of nitrogens with zero attached hydrogens (tertiary/aromatic N) is 6. The molecular weight excluding hydrogens is 463 g/mol. The molecule has 0 aliphatic carbocycles. The van der Waals surface area contributed by atoms with Gasteiger partial charge in [-0.05, 0) is 19.1 Å². The summed E-state index contributed by atoms with van der Waals surface area (Å²) in [5.41, 5.74) is 2.44. The summed E-state index contributed by atoms with van der Waals surface area (Å²) >= 11 is 1.29. The van der Waals surface area contributed by atoms with Crippen molar-refractivity contribution in [2.45, 2.75) is 26.4 Å². The van der Waals surface area contributed by atoms with Gasteiger partial charge in [-0.15, -0.1) is 0 Å². The van der Waals surface area contributed by atoms with Gasteiger partial charge in [0.25, 0.3) is 0 Å². The van der Waals surface area contributed by atoms with Gasteiger partial charge in [-0.25, -0.2) is 9.97 Å². The van der Waals surface area contributed by atoms with E-state index in [0.717, 1.165) is 23.3 Å². The molecule has 5 rings (SSSR count). The van der Waals surface area contributed by atoms with Crippen LogP contribution in [0.25, 0.3) is 27.3 Å². The number of ether oxygens (including phenoxy) is 1. The van der Waals surface area contributed by atoms with E-state index in [0.29, 0.717) is 53.4 Å². The monoisotopic (exact) mass is 488 g/mol. The van der Waals surface area contributed by atoms with E-state index in [4.69, 9.17) is 24.2 Å². The lowest BCUT2D eigenvalue weighted by atomic mass is 10.3. The highest BCUT2D eigenvalue weighted by atomic mass is 32.1. The highest BCUT2D eigenvalue weighted by Crippen LogP contribution is 2.47. The number of thiazole rings is 1. The van der Waals surface area contributed by atoms with Gasteiger partial charge in [-0.2, -0.15) is 9.97 Å². The number of anilines is 1. The smallest absolute Gasteiger partial charge is 0.334 e. The van der Waals surface area contributed by atoms with Crippen LogP contribution < -0.4 is 4.90 Å². The molecule has 0 amide bonds. The van der Waals surface area contributed by atoms with E-state index in [1.165, 1.54) is 11.3 Å². The van der Waals surface area contributed by atoms with Crippen molar-refractivity contribution in [3.8, 4) is 5.95 Å². The number of aromatic nitrogens is 5. The average molecular weight is 489 g/mol. The molecule has 1 aliphatic rings. The van der Waals surface area contributed by atoms with Crippen molar-refractivity contribution in [2.24, 2.45) is 0 Å². The largest absolute Gasteiger partial charge is 0.378 e. The molecule has 1 saturated heterocycles. The van der Waals surface area contributed by atoms with Crippen molar-refractivity contribution >= 4 is 46.1 Å². The molecule has 3 aromatic heterocycles. The molecule has 174 valence electrons. The zero-order chi connectivity index (χ0) is 23.0. The zero-order valence-corrected chi connectivity index (χ0v) is 20.2. The van der Waals surface area contributed by atoms with E-state index in [2.05, 4.69) is 16.8 Å². The number of morpholine rings is 1. The van der Waals surface area contributed by atoms with Gasteiger partial charge < -0.3 is 19.1 Å². The van der Waals surface area contributed by atoms with Crippen molar-refractivity contribution in [3.63, 3.8) is 0 Å². The van der Waals surface area contributed by atoms with Crippen LogP contribution in [0.15, 0.2) is 24.3 Å². The second kappa shape index (κ2) is 9.08. The number of para-hydroxylation sites is 2. The average Bonchev–Trinajstić information content (AvgIpc) is 3.38. The summed E-state index contributed by atoms with van der Waals surface area (Å²) in [4.78, 5) is 32.1. The van der Waals surface area contributed by atoms with Crippen LogP contribution >= 0.6 is 18.9 Å². The molecule has 0 bridgehead atoms. The van der Waals surface area contributed by atoms with Crippen LogP contribution in [-0.4, -0.2) is 62.3 Å². The Kier molecular flexibility index (Phi) is 6.15. The molecule has 0 saturated carbocycles. The highest BCUT2D eigenvalue weighted by Gasteiger charge is 2.26. The fraction of sp³-hybridized carbons (Fsp3) is 0.429. The third kappa shape index (κ3) is 4.39. The molecule has 0 radical (unpaired) electrons. The summed E-state index contributed by atoms with van der Waals surface area (Å²) in [6.45, 7) is 6.47. The minimum Gasteiger partial charge on any atom is -0.378 e. The first-order chi connectivity index (χ1) is 16.0.